The van der Waals surface area contributed by atoms with Crippen LogP contribution in [0, 0.1) is 22.7 Å². The van der Waals surface area contributed by atoms with Crippen molar-refractivity contribution in [2.24, 2.45) is 11.3 Å². The van der Waals surface area contributed by atoms with Gasteiger partial charge in [0.2, 0.25) is 5.91 Å². The van der Waals surface area contributed by atoms with Crippen molar-refractivity contribution in [3.05, 3.63) is 29.3 Å². The van der Waals surface area contributed by atoms with Crippen molar-refractivity contribution in [1.82, 2.24) is 10.2 Å². The third-order valence-corrected chi connectivity index (χ3v) is 8.31. The van der Waals surface area contributed by atoms with E-state index in [2.05, 4.69) is 10.2 Å². The molecular formula is C25H31F3N4O. The lowest BCUT2D eigenvalue weighted by Crippen LogP contribution is -2.49. The number of rotatable bonds is 4. The Kier molecular flexibility index (Phi) is 5.80. The number of piperidine rings is 1. The van der Waals surface area contributed by atoms with Crippen molar-refractivity contribution < 1.29 is 18.0 Å². The molecule has 2 saturated carbocycles. The number of nitrogens with one attached hydrogen (secondary N) is 1. The van der Waals surface area contributed by atoms with Gasteiger partial charge in [0.1, 0.15) is 0 Å². The molecule has 1 aromatic rings. The van der Waals surface area contributed by atoms with Gasteiger partial charge in [-0.3, -0.25) is 9.69 Å². The average molecular weight is 461 g/mol. The summed E-state index contributed by atoms with van der Waals surface area (Å²) in [7, 11) is 0. The predicted molar refractivity (Wildman–Crippen MR) is 119 cm³/mol. The molecule has 0 bridgehead atoms. The molecule has 2 aliphatic carbocycles. The van der Waals surface area contributed by atoms with Crippen molar-refractivity contribution in [2.45, 2.75) is 69.6 Å². The second-order valence-corrected chi connectivity index (χ2v) is 10.4. The summed E-state index contributed by atoms with van der Waals surface area (Å²) in [4.78, 5) is 17.7. The summed E-state index contributed by atoms with van der Waals surface area (Å²) in [5, 5.41) is 12.3. The van der Waals surface area contributed by atoms with E-state index < -0.39 is 11.7 Å². The van der Waals surface area contributed by atoms with E-state index in [-0.39, 0.29) is 22.8 Å². The number of halogens is 3. The molecule has 5 rings (SSSR count). The van der Waals surface area contributed by atoms with Crippen LogP contribution >= 0.6 is 0 Å². The summed E-state index contributed by atoms with van der Waals surface area (Å²) in [6.45, 7) is 2.96. The Morgan fingerprint density at radius 2 is 1.82 bits per heavy atom. The van der Waals surface area contributed by atoms with Crippen molar-refractivity contribution in [3.8, 4) is 6.07 Å². The van der Waals surface area contributed by atoms with E-state index in [1.165, 1.54) is 31.7 Å². The largest absolute Gasteiger partial charge is 0.417 e. The molecule has 1 spiro atoms. The maximum Gasteiger partial charge on any atom is 0.417 e. The number of anilines is 1. The van der Waals surface area contributed by atoms with Crippen molar-refractivity contribution in [3.63, 3.8) is 0 Å². The number of nitrogens with zero attached hydrogens (tertiary/aromatic N) is 3. The minimum atomic E-state index is -4.56. The summed E-state index contributed by atoms with van der Waals surface area (Å²) in [5.74, 6) is 0.122. The van der Waals surface area contributed by atoms with Crippen LogP contribution in [-0.2, 0) is 11.0 Å². The van der Waals surface area contributed by atoms with Gasteiger partial charge in [0.15, 0.2) is 0 Å². The number of hydrogen-bond acceptors (Lipinski definition) is 4. The second-order valence-electron chi connectivity index (χ2n) is 10.4. The number of likely N-dealkylation sites (tertiary alicyclic amines) is 1. The molecule has 1 amide bonds. The lowest BCUT2D eigenvalue weighted by atomic mass is 9.70. The van der Waals surface area contributed by atoms with E-state index in [0.29, 0.717) is 30.9 Å². The predicted octanol–water partition coefficient (Wildman–Crippen LogP) is 4.32. The van der Waals surface area contributed by atoms with E-state index in [0.717, 1.165) is 44.8 Å². The van der Waals surface area contributed by atoms with Crippen LogP contribution in [0.4, 0.5) is 18.9 Å². The Morgan fingerprint density at radius 1 is 1.12 bits per heavy atom. The van der Waals surface area contributed by atoms with Crippen molar-refractivity contribution in [2.75, 3.05) is 31.1 Å². The zero-order valence-electron chi connectivity index (χ0n) is 18.8. The first-order chi connectivity index (χ1) is 15.8. The van der Waals surface area contributed by atoms with Gasteiger partial charge in [-0.1, -0.05) is 12.8 Å². The molecule has 4 aliphatic rings. The molecule has 0 aromatic heterocycles. The molecule has 2 aliphatic heterocycles. The fourth-order valence-corrected chi connectivity index (χ4v) is 6.22. The van der Waals surface area contributed by atoms with Gasteiger partial charge >= 0.3 is 6.18 Å². The molecule has 0 radical (unpaired) electrons. The van der Waals surface area contributed by atoms with Crippen molar-refractivity contribution >= 4 is 11.6 Å². The number of alkyl halides is 3. The summed E-state index contributed by atoms with van der Waals surface area (Å²) in [5.41, 5.74) is -0.838. The average Bonchev–Trinajstić information content (AvgIpc) is 3.29. The fourth-order valence-electron chi connectivity index (χ4n) is 6.22. The smallest absolute Gasteiger partial charge is 0.371 e. The maximum atomic E-state index is 13.4. The SMILES string of the molecule is N#Cc1ccc(N2CCC3(CC2)CN(C2CCCC2)CC3C(=O)NC2CC2)cc1C(F)(F)F. The van der Waals surface area contributed by atoms with Gasteiger partial charge in [0.25, 0.3) is 0 Å². The topological polar surface area (TPSA) is 59.4 Å². The molecule has 1 unspecified atom stereocenters. The van der Waals surface area contributed by atoms with Crippen LogP contribution in [0.15, 0.2) is 18.2 Å². The Hall–Kier alpha value is -2.27. The highest BCUT2D eigenvalue weighted by Crippen LogP contribution is 2.48. The minimum Gasteiger partial charge on any atom is -0.371 e. The highest BCUT2D eigenvalue weighted by molar-refractivity contribution is 5.81. The summed E-state index contributed by atoms with van der Waals surface area (Å²) < 4.78 is 40.3. The number of amides is 1. The maximum absolute atomic E-state index is 13.4. The van der Waals surface area contributed by atoms with E-state index in [1.807, 2.05) is 4.90 Å². The molecule has 5 nitrogen and oxygen atoms in total. The van der Waals surface area contributed by atoms with Gasteiger partial charge < -0.3 is 10.2 Å². The first-order valence-corrected chi connectivity index (χ1v) is 12.2. The molecule has 2 saturated heterocycles. The van der Waals surface area contributed by atoms with Gasteiger partial charge in [-0.2, -0.15) is 18.4 Å². The van der Waals surface area contributed by atoms with E-state index in [1.54, 1.807) is 12.1 Å². The summed E-state index contributed by atoms with van der Waals surface area (Å²) in [6.07, 6.45) is 4.05. The molecular weight excluding hydrogens is 429 g/mol. The van der Waals surface area contributed by atoms with Crippen LogP contribution in [0.3, 0.4) is 0 Å². The quantitative estimate of drug-likeness (QED) is 0.727. The van der Waals surface area contributed by atoms with Crippen LogP contribution in [-0.4, -0.2) is 49.1 Å². The molecule has 1 N–H and O–H groups in total. The summed E-state index contributed by atoms with van der Waals surface area (Å²) in [6, 6.07) is 6.53. The Balaban J connectivity index is 1.34. The molecule has 8 heteroatoms. The lowest BCUT2D eigenvalue weighted by molar-refractivity contribution is -0.137. The van der Waals surface area contributed by atoms with E-state index in [4.69, 9.17) is 5.26 Å². The van der Waals surface area contributed by atoms with Gasteiger partial charge in [-0.15, -0.1) is 0 Å². The molecule has 2 heterocycles. The van der Waals surface area contributed by atoms with Crippen LogP contribution < -0.4 is 10.2 Å². The molecule has 1 atom stereocenters. The normalized spacial score (nSPS) is 26.0. The van der Waals surface area contributed by atoms with Gasteiger partial charge in [0, 0.05) is 44.0 Å². The number of benzene rings is 1. The zero-order valence-corrected chi connectivity index (χ0v) is 18.8. The van der Waals surface area contributed by atoms with Gasteiger partial charge in [-0.25, -0.2) is 0 Å². The third-order valence-electron chi connectivity index (χ3n) is 8.31. The molecule has 4 fully saturated rings. The lowest BCUT2D eigenvalue weighted by Gasteiger charge is -2.43. The number of hydrogen-bond donors (Lipinski definition) is 1. The van der Waals surface area contributed by atoms with Crippen LogP contribution in [0.25, 0.3) is 0 Å². The third kappa shape index (κ3) is 4.44. The van der Waals surface area contributed by atoms with Crippen LogP contribution in [0.5, 0.6) is 0 Å². The highest BCUT2D eigenvalue weighted by Gasteiger charge is 2.53. The monoisotopic (exact) mass is 460 g/mol. The van der Waals surface area contributed by atoms with E-state index >= 15 is 0 Å². The molecule has 1 aromatic carbocycles. The highest BCUT2D eigenvalue weighted by atomic mass is 19.4. The first-order valence-electron chi connectivity index (χ1n) is 12.2. The van der Waals surface area contributed by atoms with Crippen LogP contribution in [0.1, 0.15) is 62.5 Å². The van der Waals surface area contributed by atoms with Gasteiger partial charge in [0.05, 0.1) is 23.1 Å². The number of carbonyl (C=O) groups excluding carboxylic acids is 1. The first kappa shape index (κ1) is 22.5. The minimum absolute atomic E-state index is 0.0486. The standard InChI is InChI=1S/C25H31F3N4O/c26-25(27,28)21-13-20(8-5-17(21)14-29)31-11-9-24(10-12-31)16-32(19-3-1-2-4-19)15-22(24)23(33)30-18-6-7-18/h5,8,13,18-19,22H,1-4,6-7,9-12,15-16H2,(H,30,33). The molecule has 33 heavy (non-hydrogen) atoms. The van der Waals surface area contributed by atoms with Gasteiger partial charge in [-0.05, 0) is 62.1 Å². The van der Waals surface area contributed by atoms with E-state index in [9.17, 15) is 18.0 Å². The summed E-state index contributed by atoms with van der Waals surface area (Å²) >= 11 is 0. The Labute approximate surface area is 192 Å². The number of nitriles is 1. The van der Waals surface area contributed by atoms with Crippen LogP contribution in [0.2, 0.25) is 0 Å². The zero-order chi connectivity index (χ0) is 23.2. The Morgan fingerprint density at radius 3 is 2.42 bits per heavy atom. The molecule has 178 valence electrons. The number of carbonyl (C=O) groups is 1. The second kappa shape index (κ2) is 8.50. The van der Waals surface area contributed by atoms with Crippen molar-refractivity contribution in [1.29, 1.82) is 5.26 Å². The Bertz CT molecular complexity index is 938. The fraction of sp³-hybridized carbons (Fsp3) is 0.680.